The largest absolute Gasteiger partial charge is 0.457 e. The zero-order valence-electron chi connectivity index (χ0n) is 12.0. The topological polar surface area (TPSA) is 21.3 Å². The number of ether oxygens (including phenoxy) is 1. The molecule has 20 heavy (non-hydrogen) atoms. The van der Waals surface area contributed by atoms with Gasteiger partial charge in [0.05, 0.1) is 0 Å². The highest BCUT2D eigenvalue weighted by atomic mass is 32.2. The van der Waals surface area contributed by atoms with Gasteiger partial charge in [-0.15, -0.1) is 0 Å². The fourth-order valence-electron chi connectivity index (χ4n) is 1.85. The van der Waals surface area contributed by atoms with E-state index in [1.165, 1.54) is 5.56 Å². The van der Waals surface area contributed by atoms with Crippen LogP contribution >= 0.6 is 11.8 Å². The van der Waals surface area contributed by atoms with Crippen LogP contribution in [0, 0.1) is 0 Å². The molecule has 0 saturated heterocycles. The zero-order chi connectivity index (χ0) is 14.2. The summed E-state index contributed by atoms with van der Waals surface area (Å²) in [4.78, 5) is 0. The van der Waals surface area contributed by atoms with Gasteiger partial charge >= 0.3 is 0 Å². The van der Waals surface area contributed by atoms with Crippen molar-refractivity contribution in [1.29, 1.82) is 0 Å². The van der Waals surface area contributed by atoms with Crippen LogP contribution in [0.25, 0.3) is 0 Å². The Morgan fingerprint density at radius 1 is 1.05 bits per heavy atom. The van der Waals surface area contributed by atoms with Crippen molar-refractivity contribution in [2.45, 2.75) is 18.7 Å². The number of benzene rings is 2. The Balaban J connectivity index is 1.91. The first-order chi connectivity index (χ1) is 9.78. The summed E-state index contributed by atoms with van der Waals surface area (Å²) >= 11 is 1.88. The van der Waals surface area contributed by atoms with Gasteiger partial charge < -0.3 is 10.1 Å². The highest BCUT2D eigenvalue weighted by molar-refractivity contribution is 7.99. The lowest BCUT2D eigenvalue weighted by molar-refractivity contribution is 0.481. The van der Waals surface area contributed by atoms with Gasteiger partial charge in [0.25, 0.3) is 0 Å². The molecule has 0 aliphatic heterocycles. The van der Waals surface area contributed by atoms with Gasteiger partial charge in [0.2, 0.25) is 0 Å². The molecule has 2 aromatic rings. The fraction of sp³-hybridized carbons (Fsp3) is 0.294. The number of rotatable bonds is 7. The Morgan fingerprint density at radius 3 is 2.55 bits per heavy atom. The third-order valence-corrected chi connectivity index (χ3v) is 4.01. The van der Waals surface area contributed by atoms with E-state index in [9.17, 15) is 0 Å². The van der Waals surface area contributed by atoms with Crippen molar-refractivity contribution in [3.8, 4) is 11.5 Å². The SMILES string of the molecule is CSC(C)CNCc1cccc(Oc2ccccc2)c1. The minimum atomic E-state index is 0.638. The smallest absolute Gasteiger partial charge is 0.127 e. The maximum atomic E-state index is 5.84. The molecule has 0 aliphatic carbocycles. The molecule has 3 heteroatoms. The molecule has 0 fully saturated rings. The Bertz CT molecular complexity index is 515. The van der Waals surface area contributed by atoms with Crippen LogP contribution in [0.4, 0.5) is 0 Å². The van der Waals surface area contributed by atoms with E-state index in [-0.39, 0.29) is 0 Å². The van der Waals surface area contributed by atoms with Crippen LogP contribution in [0.2, 0.25) is 0 Å². The second-order valence-corrected chi connectivity index (χ2v) is 6.02. The molecule has 2 rings (SSSR count). The number of hydrogen-bond acceptors (Lipinski definition) is 3. The number of hydrogen-bond donors (Lipinski definition) is 1. The van der Waals surface area contributed by atoms with Crippen LogP contribution in [-0.2, 0) is 6.54 Å². The van der Waals surface area contributed by atoms with Crippen molar-refractivity contribution in [3.05, 3.63) is 60.2 Å². The maximum Gasteiger partial charge on any atom is 0.127 e. The average molecular weight is 287 g/mol. The van der Waals surface area contributed by atoms with E-state index in [4.69, 9.17) is 4.74 Å². The molecule has 0 aromatic heterocycles. The van der Waals surface area contributed by atoms with Crippen molar-refractivity contribution in [2.24, 2.45) is 0 Å². The van der Waals surface area contributed by atoms with Crippen LogP contribution in [0.1, 0.15) is 12.5 Å². The quantitative estimate of drug-likeness (QED) is 0.819. The molecule has 106 valence electrons. The molecular formula is C17H21NOS. The van der Waals surface area contributed by atoms with E-state index in [0.29, 0.717) is 5.25 Å². The van der Waals surface area contributed by atoms with Crippen molar-refractivity contribution < 1.29 is 4.74 Å². The second-order valence-electron chi connectivity index (χ2n) is 4.74. The Kier molecular flexibility index (Phi) is 5.96. The summed E-state index contributed by atoms with van der Waals surface area (Å²) in [7, 11) is 0. The van der Waals surface area contributed by atoms with E-state index < -0.39 is 0 Å². The van der Waals surface area contributed by atoms with Gasteiger partial charge in [0, 0.05) is 18.3 Å². The monoisotopic (exact) mass is 287 g/mol. The standard InChI is InChI=1S/C17H21NOS/c1-14(20-2)12-18-13-15-7-6-10-17(11-15)19-16-8-4-3-5-9-16/h3-11,14,18H,12-13H2,1-2H3. The van der Waals surface area contributed by atoms with Crippen LogP contribution in [-0.4, -0.2) is 18.1 Å². The second kappa shape index (κ2) is 7.98. The van der Waals surface area contributed by atoms with Gasteiger partial charge in [-0.05, 0) is 36.1 Å². The fourth-order valence-corrected chi connectivity index (χ4v) is 2.13. The molecule has 2 aromatic carbocycles. The molecule has 0 radical (unpaired) electrons. The molecule has 1 unspecified atom stereocenters. The molecule has 0 heterocycles. The molecule has 0 amide bonds. The molecule has 0 saturated carbocycles. The lowest BCUT2D eigenvalue weighted by Crippen LogP contribution is -2.21. The molecule has 1 N–H and O–H groups in total. The Morgan fingerprint density at radius 2 is 1.80 bits per heavy atom. The van der Waals surface area contributed by atoms with Gasteiger partial charge in [-0.2, -0.15) is 11.8 Å². The van der Waals surface area contributed by atoms with Gasteiger partial charge in [0.1, 0.15) is 11.5 Å². The van der Waals surface area contributed by atoms with Crippen LogP contribution < -0.4 is 10.1 Å². The highest BCUT2D eigenvalue weighted by Crippen LogP contribution is 2.21. The summed E-state index contributed by atoms with van der Waals surface area (Å²) in [6.45, 7) is 4.12. The molecule has 0 aliphatic rings. The van der Waals surface area contributed by atoms with Gasteiger partial charge in [-0.1, -0.05) is 37.3 Å². The third kappa shape index (κ3) is 4.91. The molecule has 2 nitrogen and oxygen atoms in total. The average Bonchev–Trinajstić information content (AvgIpc) is 2.48. The Hall–Kier alpha value is -1.45. The first-order valence-electron chi connectivity index (χ1n) is 6.83. The molecule has 1 atom stereocenters. The third-order valence-electron chi connectivity index (χ3n) is 3.04. The lowest BCUT2D eigenvalue weighted by atomic mass is 10.2. The van der Waals surface area contributed by atoms with E-state index in [2.05, 4.69) is 30.6 Å². The number of thioether (sulfide) groups is 1. The zero-order valence-corrected chi connectivity index (χ0v) is 12.8. The predicted molar refractivity (Wildman–Crippen MR) is 87.6 cm³/mol. The lowest BCUT2D eigenvalue weighted by Gasteiger charge is -2.11. The molecule has 0 spiro atoms. The maximum absolute atomic E-state index is 5.84. The number of nitrogens with one attached hydrogen (secondary N) is 1. The van der Waals surface area contributed by atoms with Gasteiger partial charge in [-0.25, -0.2) is 0 Å². The summed E-state index contributed by atoms with van der Waals surface area (Å²) in [6.07, 6.45) is 2.14. The van der Waals surface area contributed by atoms with E-state index in [1.54, 1.807) is 0 Å². The first kappa shape index (κ1) is 14.9. The summed E-state index contributed by atoms with van der Waals surface area (Å²) in [5, 5.41) is 4.10. The van der Waals surface area contributed by atoms with E-state index >= 15 is 0 Å². The van der Waals surface area contributed by atoms with E-state index in [0.717, 1.165) is 24.6 Å². The normalized spacial score (nSPS) is 12.1. The van der Waals surface area contributed by atoms with Crippen molar-refractivity contribution in [2.75, 3.05) is 12.8 Å². The van der Waals surface area contributed by atoms with E-state index in [1.807, 2.05) is 54.2 Å². The summed E-state index contributed by atoms with van der Waals surface area (Å²) in [6, 6.07) is 18.1. The minimum absolute atomic E-state index is 0.638. The predicted octanol–water partition coefficient (Wildman–Crippen LogP) is 4.32. The number of para-hydroxylation sites is 1. The van der Waals surface area contributed by atoms with Crippen molar-refractivity contribution in [3.63, 3.8) is 0 Å². The molecular weight excluding hydrogens is 266 g/mol. The minimum Gasteiger partial charge on any atom is -0.457 e. The summed E-state index contributed by atoms with van der Waals surface area (Å²) < 4.78 is 5.84. The Labute approximate surface area is 125 Å². The van der Waals surface area contributed by atoms with Crippen LogP contribution in [0.15, 0.2) is 54.6 Å². The summed E-state index contributed by atoms with van der Waals surface area (Å²) in [5.74, 6) is 1.75. The van der Waals surface area contributed by atoms with Crippen molar-refractivity contribution in [1.82, 2.24) is 5.32 Å². The summed E-state index contributed by atoms with van der Waals surface area (Å²) in [5.41, 5.74) is 1.24. The highest BCUT2D eigenvalue weighted by Gasteiger charge is 2.01. The van der Waals surface area contributed by atoms with Crippen LogP contribution in [0.5, 0.6) is 11.5 Å². The molecule has 0 bridgehead atoms. The van der Waals surface area contributed by atoms with Crippen molar-refractivity contribution >= 4 is 11.8 Å². The first-order valence-corrected chi connectivity index (χ1v) is 8.12. The van der Waals surface area contributed by atoms with Gasteiger partial charge in [-0.3, -0.25) is 0 Å². The van der Waals surface area contributed by atoms with Crippen LogP contribution in [0.3, 0.4) is 0 Å². The van der Waals surface area contributed by atoms with Gasteiger partial charge in [0.15, 0.2) is 0 Å².